The zero-order valence-electron chi connectivity index (χ0n) is 16.0. The monoisotopic (exact) mass is 398 g/mol. The maximum absolute atomic E-state index is 13.7. The highest BCUT2D eigenvalue weighted by Gasteiger charge is 2.31. The molecular formula is C22H23FN2O4. The SMILES string of the molecule is O=C(NCC(=O)N1CCC[C@@H]1c1ccc2c(c1)OCCCO2)c1ccccc1F. The number of hydrogen-bond acceptors (Lipinski definition) is 4. The molecule has 0 saturated carbocycles. The number of hydrogen-bond donors (Lipinski definition) is 1. The Labute approximate surface area is 168 Å². The fraction of sp³-hybridized carbons (Fsp3) is 0.364. The molecule has 1 fully saturated rings. The number of rotatable bonds is 4. The van der Waals surface area contributed by atoms with Gasteiger partial charge < -0.3 is 19.7 Å². The Morgan fingerprint density at radius 3 is 2.69 bits per heavy atom. The largest absolute Gasteiger partial charge is 0.490 e. The van der Waals surface area contributed by atoms with Gasteiger partial charge in [0, 0.05) is 13.0 Å². The lowest BCUT2D eigenvalue weighted by Gasteiger charge is -2.26. The average molecular weight is 398 g/mol. The van der Waals surface area contributed by atoms with Gasteiger partial charge in [-0.2, -0.15) is 0 Å². The summed E-state index contributed by atoms with van der Waals surface area (Å²) in [5.41, 5.74) is 0.918. The van der Waals surface area contributed by atoms with Crippen LogP contribution in [0.5, 0.6) is 11.5 Å². The summed E-state index contributed by atoms with van der Waals surface area (Å²) in [6.07, 6.45) is 2.55. The highest BCUT2D eigenvalue weighted by molar-refractivity contribution is 5.96. The Morgan fingerprint density at radius 1 is 1.07 bits per heavy atom. The van der Waals surface area contributed by atoms with E-state index in [-0.39, 0.29) is 24.1 Å². The van der Waals surface area contributed by atoms with Gasteiger partial charge in [-0.3, -0.25) is 9.59 Å². The maximum atomic E-state index is 13.7. The quantitative estimate of drug-likeness (QED) is 0.860. The van der Waals surface area contributed by atoms with Crippen LogP contribution in [0.25, 0.3) is 0 Å². The normalized spacial score (nSPS) is 18.2. The predicted molar refractivity (Wildman–Crippen MR) is 104 cm³/mol. The number of carbonyl (C=O) groups is 2. The molecule has 4 rings (SSSR count). The molecule has 7 heteroatoms. The minimum atomic E-state index is -0.608. The molecule has 1 saturated heterocycles. The van der Waals surface area contributed by atoms with Crippen LogP contribution in [0.3, 0.4) is 0 Å². The Kier molecular flexibility index (Phi) is 5.64. The second-order valence-corrected chi connectivity index (χ2v) is 7.16. The summed E-state index contributed by atoms with van der Waals surface area (Å²) in [7, 11) is 0. The molecule has 2 aromatic carbocycles. The topological polar surface area (TPSA) is 67.9 Å². The van der Waals surface area contributed by atoms with Crippen LogP contribution in [0.1, 0.15) is 41.2 Å². The van der Waals surface area contributed by atoms with E-state index >= 15 is 0 Å². The van der Waals surface area contributed by atoms with Crippen LogP contribution in [0.15, 0.2) is 42.5 Å². The van der Waals surface area contributed by atoms with E-state index in [0.29, 0.717) is 25.5 Å². The van der Waals surface area contributed by atoms with Crippen LogP contribution in [0.2, 0.25) is 0 Å². The van der Waals surface area contributed by atoms with Crippen LogP contribution in [-0.4, -0.2) is 43.0 Å². The summed E-state index contributed by atoms with van der Waals surface area (Å²) in [6.45, 7) is 1.68. The van der Waals surface area contributed by atoms with E-state index in [1.54, 1.807) is 11.0 Å². The van der Waals surface area contributed by atoms with Crippen molar-refractivity contribution in [3.63, 3.8) is 0 Å². The van der Waals surface area contributed by atoms with E-state index < -0.39 is 11.7 Å². The molecule has 0 bridgehead atoms. The lowest BCUT2D eigenvalue weighted by atomic mass is 10.0. The molecule has 2 heterocycles. The molecule has 1 atom stereocenters. The van der Waals surface area contributed by atoms with Gasteiger partial charge >= 0.3 is 0 Å². The van der Waals surface area contributed by atoms with Crippen molar-refractivity contribution in [1.29, 1.82) is 0 Å². The summed E-state index contributed by atoms with van der Waals surface area (Å²) >= 11 is 0. The number of halogens is 1. The molecule has 2 aromatic rings. The standard InChI is InChI=1S/C22H23FN2O4/c23-17-6-2-1-5-16(17)22(27)24-14-21(26)25-10-3-7-18(25)15-8-9-19-20(13-15)29-12-4-11-28-19/h1-2,5-6,8-9,13,18H,3-4,7,10-12,14H2,(H,24,27)/t18-/m1/s1. The second-order valence-electron chi connectivity index (χ2n) is 7.16. The number of nitrogens with one attached hydrogen (secondary N) is 1. The lowest BCUT2D eigenvalue weighted by molar-refractivity contribution is -0.131. The van der Waals surface area contributed by atoms with Crippen molar-refractivity contribution >= 4 is 11.8 Å². The van der Waals surface area contributed by atoms with Gasteiger partial charge in [0.25, 0.3) is 5.91 Å². The van der Waals surface area contributed by atoms with Crippen molar-refractivity contribution < 1.29 is 23.5 Å². The van der Waals surface area contributed by atoms with Gasteiger partial charge in [0.2, 0.25) is 5.91 Å². The van der Waals surface area contributed by atoms with Crippen LogP contribution in [0.4, 0.5) is 4.39 Å². The Bertz CT molecular complexity index is 917. The number of amides is 2. The van der Waals surface area contributed by atoms with E-state index in [9.17, 15) is 14.0 Å². The van der Waals surface area contributed by atoms with Crippen molar-refractivity contribution in [1.82, 2.24) is 10.2 Å². The van der Waals surface area contributed by atoms with Crippen molar-refractivity contribution in [2.75, 3.05) is 26.3 Å². The van der Waals surface area contributed by atoms with Crippen LogP contribution in [0, 0.1) is 5.82 Å². The average Bonchev–Trinajstić information content (AvgIpc) is 3.11. The zero-order chi connectivity index (χ0) is 20.2. The molecule has 0 radical (unpaired) electrons. The Hall–Kier alpha value is -3.09. The highest BCUT2D eigenvalue weighted by Crippen LogP contribution is 2.37. The first-order valence-electron chi connectivity index (χ1n) is 9.85. The third-order valence-electron chi connectivity index (χ3n) is 5.25. The van der Waals surface area contributed by atoms with E-state index in [1.807, 2.05) is 18.2 Å². The highest BCUT2D eigenvalue weighted by atomic mass is 19.1. The number of fused-ring (bicyclic) bond motifs is 1. The lowest BCUT2D eigenvalue weighted by Crippen LogP contribution is -2.40. The Balaban J connectivity index is 1.43. The fourth-order valence-corrected chi connectivity index (χ4v) is 3.80. The van der Waals surface area contributed by atoms with Gasteiger partial charge in [0.15, 0.2) is 11.5 Å². The second kappa shape index (κ2) is 8.51. The van der Waals surface area contributed by atoms with Gasteiger partial charge in [-0.1, -0.05) is 18.2 Å². The molecule has 0 spiro atoms. The molecule has 1 N–H and O–H groups in total. The number of benzene rings is 2. The van der Waals surface area contributed by atoms with E-state index in [0.717, 1.165) is 30.6 Å². The minimum absolute atomic E-state index is 0.0684. The summed E-state index contributed by atoms with van der Waals surface area (Å²) in [5.74, 6) is 0.0298. The van der Waals surface area contributed by atoms with Gasteiger partial charge in [0.05, 0.1) is 31.4 Å². The molecule has 0 aromatic heterocycles. The van der Waals surface area contributed by atoms with Crippen molar-refractivity contribution in [3.05, 3.63) is 59.4 Å². The van der Waals surface area contributed by atoms with Gasteiger partial charge in [-0.15, -0.1) is 0 Å². The van der Waals surface area contributed by atoms with Crippen LogP contribution in [-0.2, 0) is 4.79 Å². The van der Waals surface area contributed by atoms with Gasteiger partial charge in [-0.25, -0.2) is 4.39 Å². The number of carbonyl (C=O) groups excluding carboxylic acids is 2. The molecule has 2 aliphatic heterocycles. The summed E-state index contributed by atoms with van der Waals surface area (Å²) in [4.78, 5) is 26.7. The molecular weight excluding hydrogens is 375 g/mol. The summed E-state index contributed by atoms with van der Waals surface area (Å²) in [6, 6.07) is 11.4. The first kappa shape index (κ1) is 19.2. The van der Waals surface area contributed by atoms with Gasteiger partial charge in [-0.05, 0) is 42.7 Å². The predicted octanol–water partition coefficient (Wildman–Crippen LogP) is 3.08. The number of nitrogens with zero attached hydrogens (tertiary/aromatic N) is 1. The van der Waals surface area contributed by atoms with E-state index in [4.69, 9.17) is 9.47 Å². The molecule has 0 aliphatic carbocycles. The summed E-state index contributed by atoms with van der Waals surface area (Å²) < 4.78 is 25.2. The summed E-state index contributed by atoms with van der Waals surface area (Å²) in [5, 5.41) is 2.53. The van der Waals surface area contributed by atoms with Crippen LogP contribution < -0.4 is 14.8 Å². The molecule has 152 valence electrons. The van der Waals surface area contributed by atoms with E-state index in [2.05, 4.69) is 5.32 Å². The molecule has 0 unspecified atom stereocenters. The molecule has 2 amide bonds. The first-order valence-corrected chi connectivity index (χ1v) is 9.85. The first-order chi connectivity index (χ1) is 14.1. The maximum Gasteiger partial charge on any atom is 0.254 e. The fourth-order valence-electron chi connectivity index (χ4n) is 3.80. The third-order valence-corrected chi connectivity index (χ3v) is 5.25. The van der Waals surface area contributed by atoms with Crippen molar-refractivity contribution in [3.8, 4) is 11.5 Å². The minimum Gasteiger partial charge on any atom is -0.490 e. The van der Waals surface area contributed by atoms with Gasteiger partial charge in [0.1, 0.15) is 5.82 Å². The number of likely N-dealkylation sites (tertiary alicyclic amines) is 1. The molecule has 2 aliphatic rings. The smallest absolute Gasteiger partial charge is 0.254 e. The molecule has 29 heavy (non-hydrogen) atoms. The molecule has 6 nitrogen and oxygen atoms in total. The zero-order valence-corrected chi connectivity index (χ0v) is 16.0. The van der Waals surface area contributed by atoms with Crippen molar-refractivity contribution in [2.24, 2.45) is 0 Å². The third kappa shape index (κ3) is 4.18. The van der Waals surface area contributed by atoms with Crippen LogP contribution >= 0.6 is 0 Å². The Morgan fingerprint density at radius 2 is 1.86 bits per heavy atom. The van der Waals surface area contributed by atoms with Crippen molar-refractivity contribution in [2.45, 2.75) is 25.3 Å². The number of ether oxygens (including phenoxy) is 2. The van der Waals surface area contributed by atoms with E-state index in [1.165, 1.54) is 18.2 Å².